The van der Waals surface area contributed by atoms with Crippen LogP contribution in [-0.2, 0) is 6.54 Å². The van der Waals surface area contributed by atoms with Crippen LogP contribution in [0.3, 0.4) is 0 Å². The lowest BCUT2D eigenvalue weighted by molar-refractivity contribution is -0.383. The number of nitro groups is 1. The highest BCUT2D eigenvalue weighted by Crippen LogP contribution is 2.28. The first-order chi connectivity index (χ1) is 8.72. The van der Waals surface area contributed by atoms with E-state index >= 15 is 0 Å². The van der Waals surface area contributed by atoms with E-state index < -0.39 is 4.92 Å². The van der Waals surface area contributed by atoms with Gasteiger partial charge in [-0.15, -0.1) is 0 Å². The minimum Gasteiger partial charge on any atom is -0.467 e. The van der Waals surface area contributed by atoms with E-state index in [1.807, 2.05) is 0 Å². The molecule has 0 fully saturated rings. The number of nitrogens with zero attached hydrogens (tertiary/aromatic N) is 3. The molecule has 0 saturated heterocycles. The lowest BCUT2D eigenvalue weighted by Gasteiger charge is -2.06. The third kappa shape index (κ3) is 2.37. The molecule has 2 heterocycles. The van der Waals surface area contributed by atoms with Crippen molar-refractivity contribution in [3.05, 3.63) is 40.6 Å². The molecule has 94 valence electrons. The maximum Gasteiger partial charge on any atom is 0.353 e. The van der Waals surface area contributed by atoms with E-state index in [1.165, 1.54) is 12.6 Å². The first kappa shape index (κ1) is 11.8. The fourth-order valence-electron chi connectivity index (χ4n) is 1.45. The second-order valence-electron chi connectivity index (χ2n) is 3.36. The van der Waals surface area contributed by atoms with Crippen molar-refractivity contribution in [2.24, 2.45) is 0 Å². The molecule has 0 amide bonds. The summed E-state index contributed by atoms with van der Waals surface area (Å²) in [7, 11) is 1.56. The predicted molar refractivity (Wildman–Crippen MR) is 64.3 cm³/mol. The second kappa shape index (κ2) is 5.13. The van der Waals surface area contributed by atoms with Crippen molar-refractivity contribution in [3.63, 3.8) is 0 Å². The van der Waals surface area contributed by atoms with Crippen molar-refractivity contribution < 1.29 is 9.34 Å². The average Bonchev–Trinajstić information content (AvgIpc) is 2.88. The van der Waals surface area contributed by atoms with Crippen molar-refractivity contribution in [3.8, 4) is 0 Å². The van der Waals surface area contributed by atoms with Gasteiger partial charge in [-0.1, -0.05) is 0 Å². The number of rotatable bonds is 5. The Balaban J connectivity index is 2.24. The van der Waals surface area contributed by atoms with Gasteiger partial charge in [-0.3, -0.25) is 10.1 Å². The van der Waals surface area contributed by atoms with E-state index in [0.29, 0.717) is 12.3 Å². The zero-order chi connectivity index (χ0) is 13.0. The quantitative estimate of drug-likeness (QED) is 0.612. The molecule has 0 atom stereocenters. The number of hydrogen-bond acceptors (Lipinski definition) is 7. The molecule has 18 heavy (non-hydrogen) atoms. The van der Waals surface area contributed by atoms with E-state index in [1.54, 1.807) is 19.2 Å². The van der Waals surface area contributed by atoms with Gasteiger partial charge in [0.05, 0.1) is 17.7 Å². The van der Waals surface area contributed by atoms with Crippen LogP contribution in [0.25, 0.3) is 0 Å². The Morgan fingerprint density at radius 3 is 2.83 bits per heavy atom. The predicted octanol–water partition coefficient (Wildman–Crippen LogP) is 1.63. The third-order valence-electron chi connectivity index (χ3n) is 2.25. The van der Waals surface area contributed by atoms with Gasteiger partial charge in [-0.05, 0) is 12.1 Å². The topological polar surface area (TPSA) is 106 Å². The van der Waals surface area contributed by atoms with Crippen molar-refractivity contribution >= 4 is 17.3 Å². The highest BCUT2D eigenvalue weighted by atomic mass is 16.6. The number of aromatic nitrogens is 2. The van der Waals surface area contributed by atoms with Crippen LogP contribution < -0.4 is 10.6 Å². The third-order valence-corrected chi connectivity index (χ3v) is 2.25. The van der Waals surface area contributed by atoms with Gasteiger partial charge in [-0.25, -0.2) is 9.97 Å². The van der Waals surface area contributed by atoms with Gasteiger partial charge in [0, 0.05) is 7.05 Å². The minimum absolute atomic E-state index is 0.149. The average molecular weight is 249 g/mol. The lowest BCUT2D eigenvalue weighted by Crippen LogP contribution is -2.07. The highest BCUT2D eigenvalue weighted by Gasteiger charge is 2.21. The Labute approximate surface area is 102 Å². The summed E-state index contributed by atoms with van der Waals surface area (Å²) in [5.74, 6) is 0.974. The molecule has 0 spiro atoms. The van der Waals surface area contributed by atoms with E-state index in [2.05, 4.69) is 20.6 Å². The molecule has 0 saturated carbocycles. The molecule has 0 radical (unpaired) electrons. The fourth-order valence-corrected chi connectivity index (χ4v) is 1.45. The van der Waals surface area contributed by atoms with Crippen LogP contribution in [0.15, 0.2) is 29.1 Å². The summed E-state index contributed by atoms with van der Waals surface area (Å²) in [6.45, 7) is 0.313. The van der Waals surface area contributed by atoms with Crippen LogP contribution in [0.4, 0.5) is 17.3 Å². The van der Waals surface area contributed by atoms with Crippen molar-refractivity contribution in [2.75, 3.05) is 17.7 Å². The summed E-state index contributed by atoms with van der Waals surface area (Å²) in [6, 6.07) is 3.50. The van der Waals surface area contributed by atoms with E-state index in [-0.39, 0.29) is 17.3 Å². The van der Waals surface area contributed by atoms with Gasteiger partial charge in [0.2, 0.25) is 11.6 Å². The highest BCUT2D eigenvalue weighted by molar-refractivity contribution is 5.68. The van der Waals surface area contributed by atoms with Gasteiger partial charge >= 0.3 is 5.69 Å². The molecule has 2 aromatic rings. The van der Waals surface area contributed by atoms with Gasteiger partial charge in [-0.2, -0.15) is 0 Å². The first-order valence-corrected chi connectivity index (χ1v) is 5.15. The van der Waals surface area contributed by atoms with Gasteiger partial charge in [0.15, 0.2) is 0 Å². The minimum atomic E-state index is -0.531. The molecular weight excluding hydrogens is 238 g/mol. The van der Waals surface area contributed by atoms with E-state index in [4.69, 9.17) is 4.42 Å². The zero-order valence-electron chi connectivity index (χ0n) is 9.58. The fraction of sp³-hybridized carbons (Fsp3) is 0.200. The Morgan fingerprint density at radius 2 is 2.22 bits per heavy atom. The first-order valence-electron chi connectivity index (χ1n) is 5.15. The largest absolute Gasteiger partial charge is 0.467 e. The number of furan rings is 1. The molecule has 0 bridgehead atoms. The van der Waals surface area contributed by atoms with Crippen LogP contribution in [0.5, 0.6) is 0 Å². The summed E-state index contributed by atoms with van der Waals surface area (Å²) >= 11 is 0. The number of anilines is 2. The summed E-state index contributed by atoms with van der Waals surface area (Å²) < 4.78 is 5.12. The molecular formula is C10H11N5O3. The molecule has 0 aliphatic rings. The Bertz CT molecular complexity index is 540. The maximum absolute atomic E-state index is 11.0. The van der Waals surface area contributed by atoms with Gasteiger partial charge in [0.1, 0.15) is 12.1 Å². The maximum atomic E-state index is 11.0. The van der Waals surface area contributed by atoms with Crippen molar-refractivity contribution in [1.29, 1.82) is 0 Å². The van der Waals surface area contributed by atoms with Crippen LogP contribution >= 0.6 is 0 Å². The second-order valence-corrected chi connectivity index (χ2v) is 3.36. The van der Waals surface area contributed by atoms with Crippen LogP contribution in [0.2, 0.25) is 0 Å². The van der Waals surface area contributed by atoms with Crippen molar-refractivity contribution in [1.82, 2.24) is 9.97 Å². The summed E-state index contributed by atoms with van der Waals surface area (Å²) in [5, 5.41) is 16.5. The number of hydrogen-bond donors (Lipinski definition) is 2. The number of nitrogens with one attached hydrogen (secondary N) is 2. The Morgan fingerprint density at radius 1 is 1.44 bits per heavy atom. The standard InChI is InChI=1S/C10H11N5O3/c1-11-9-8(15(16)17)10(14-6-13-9)12-5-7-3-2-4-18-7/h2-4,6H,5H2,1H3,(H2,11,12,13,14). The van der Waals surface area contributed by atoms with Crippen LogP contribution in [0, 0.1) is 10.1 Å². The normalized spacial score (nSPS) is 10.1. The molecule has 0 aromatic carbocycles. The molecule has 8 heteroatoms. The van der Waals surface area contributed by atoms with Crippen molar-refractivity contribution in [2.45, 2.75) is 6.54 Å². The van der Waals surface area contributed by atoms with Gasteiger partial charge in [0.25, 0.3) is 0 Å². The van der Waals surface area contributed by atoms with Crippen LogP contribution in [0.1, 0.15) is 5.76 Å². The van der Waals surface area contributed by atoms with E-state index in [0.717, 1.165) is 0 Å². The molecule has 2 N–H and O–H groups in total. The molecule has 2 rings (SSSR count). The monoisotopic (exact) mass is 249 g/mol. The summed E-state index contributed by atoms with van der Waals surface area (Å²) in [6.07, 6.45) is 2.79. The molecule has 2 aromatic heterocycles. The lowest BCUT2D eigenvalue weighted by atomic mass is 10.4. The molecule has 0 aliphatic carbocycles. The van der Waals surface area contributed by atoms with Gasteiger partial charge < -0.3 is 15.1 Å². The molecule has 0 unspecified atom stereocenters. The molecule has 0 aliphatic heterocycles. The Hall–Kier alpha value is -2.64. The van der Waals surface area contributed by atoms with E-state index in [9.17, 15) is 10.1 Å². The van der Waals surface area contributed by atoms with Crippen LogP contribution in [-0.4, -0.2) is 21.9 Å². The summed E-state index contributed by atoms with van der Waals surface area (Å²) in [5.41, 5.74) is -0.188. The zero-order valence-corrected chi connectivity index (χ0v) is 9.58. The SMILES string of the molecule is CNc1ncnc(NCc2ccco2)c1[N+](=O)[O-]. The Kier molecular flexibility index (Phi) is 3.37. The summed E-state index contributed by atoms with van der Waals surface area (Å²) in [4.78, 5) is 18.1. The smallest absolute Gasteiger partial charge is 0.353 e. The molecule has 8 nitrogen and oxygen atoms in total.